The van der Waals surface area contributed by atoms with Crippen LogP contribution in [-0.2, 0) is 12.8 Å². The summed E-state index contributed by atoms with van der Waals surface area (Å²) < 4.78 is 5.90. The van der Waals surface area contributed by atoms with E-state index in [4.69, 9.17) is 21.4 Å². The smallest absolute Gasteiger partial charge is 0.345 e. The first-order valence-electron chi connectivity index (χ1n) is 10.3. The first-order chi connectivity index (χ1) is 15.0. The summed E-state index contributed by atoms with van der Waals surface area (Å²) in [5.74, 6) is -0.243. The molecule has 3 aromatic rings. The van der Waals surface area contributed by atoms with Crippen molar-refractivity contribution in [2.45, 2.75) is 37.8 Å². The van der Waals surface area contributed by atoms with Gasteiger partial charge in [0.25, 0.3) is 0 Å². The summed E-state index contributed by atoms with van der Waals surface area (Å²) in [5, 5.41) is 24.3. The van der Waals surface area contributed by atoms with Gasteiger partial charge in [0.1, 0.15) is 10.6 Å². The Bertz CT molecular complexity index is 1070. The molecule has 0 saturated heterocycles. The molecule has 0 amide bonds. The van der Waals surface area contributed by atoms with Crippen molar-refractivity contribution in [3.8, 4) is 10.8 Å². The van der Waals surface area contributed by atoms with E-state index in [1.165, 1.54) is 11.1 Å². The zero-order valence-electron chi connectivity index (χ0n) is 16.9. The molecule has 31 heavy (non-hydrogen) atoms. The summed E-state index contributed by atoms with van der Waals surface area (Å²) in [4.78, 5) is 11.3. The summed E-state index contributed by atoms with van der Waals surface area (Å²) in [5.41, 5.74) is 3.34. The number of rotatable bonds is 7. The predicted molar refractivity (Wildman–Crippen MR) is 123 cm³/mol. The number of aliphatic hydroxyl groups excluding tert-OH is 1. The maximum atomic E-state index is 11.1. The molecule has 0 radical (unpaired) electrons. The number of ether oxygens (including phenoxy) is 1. The minimum absolute atomic E-state index is 0.255. The maximum Gasteiger partial charge on any atom is 0.345 e. The van der Waals surface area contributed by atoms with Crippen molar-refractivity contribution in [2.75, 3.05) is 6.54 Å². The number of halogens is 1. The highest BCUT2D eigenvalue weighted by Gasteiger charge is 2.19. The summed E-state index contributed by atoms with van der Waals surface area (Å²) in [6.07, 6.45) is 3.34. The van der Waals surface area contributed by atoms with Gasteiger partial charge in [-0.2, -0.15) is 0 Å². The topological polar surface area (TPSA) is 78.8 Å². The SMILES string of the molecule is O=C(O)c1ccc(Oc2ccc3c(c2)C[C@@H](NC[C@H](O)c2cccc(Cl)c2)CCC3)s1. The van der Waals surface area contributed by atoms with Crippen LogP contribution >= 0.6 is 22.9 Å². The lowest BCUT2D eigenvalue weighted by Gasteiger charge is -2.20. The van der Waals surface area contributed by atoms with E-state index in [-0.39, 0.29) is 10.9 Å². The molecule has 1 aliphatic rings. The normalized spacial score (nSPS) is 16.9. The summed E-state index contributed by atoms with van der Waals surface area (Å²) in [6.45, 7) is 0.462. The van der Waals surface area contributed by atoms with E-state index in [0.717, 1.165) is 42.6 Å². The Labute approximate surface area is 190 Å². The van der Waals surface area contributed by atoms with Crippen molar-refractivity contribution in [2.24, 2.45) is 0 Å². The average molecular weight is 458 g/mol. The van der Waals surface area contributed by atoms with Crippen molar-refractivity contribution in [3.63, 3.8) is 0 Å². The number of hydrogen-bond donors (Lipinski definition) is 3. The van der Waals surface area contributed by atoms with Crippen LogP contribution in [-0.4, -0.2) is 28.8 Å². The van der Waals surface area contributed by atoms with Gasteiger partial charge in [0, 0.05) is 17.6 Å². The number of benzene rings is 2. The highest BCUT2D eigenvalue weighted by atomic mass is 35.5. The molecule has 7 heteroatoms. The fourth-order valence-electron chi connectivity index (χ4n) is 3.90. The molecule has 1 aliphatic carbocycles. The van der Waals surface area contributed by atoms with Crippen LogP contribution in [0.5, 0.6) is 10.8 Å². The second kappa shape index (κ2) is 9.83. The molecule has 3 N–H and O–H groups in total. The van der Waals surface area contributed by atoms with Gasteiger partial charge in [0.05, 0.1) is 6.10 Å². The second-order valence-electron chi connectivity index (χ2n) is 7.73. The molecule has 0 aliphatic heterocycles. The number of aryl methyl sites for hydroxylation is 1. The van der Waals surface area contributed by atoms with Gasteiger partial charge in [-0.1, -0.05) is 41.1 Å². The number of aliphatic hydroxyl groups is 1. The van der Waals surface area contributed by atoms with Crippen LogP contribution in [0.25, 0.3) is 0 Å². The molecule has 4 rings (SSSR count). The third-order valence-corrected chi connectivity index (χ3v) is 6.67. The van der Waals surface area contributed by atoms with Crippen LogP contribution in [0, 0.1) is 0 Å². The number of carboxylic acid groups (broad SMARTS) is 1. The highest BCUT2D eigenvalue weighted by molar-refractivity contribution is 7.15. The number of fused-ring (bicyclic) bond motifs is 1. The number of carbonyl (C=O) groups is 1. The standard InChI is InChI=1S/C24H24ClNO4S/c25-18-5-1-4-16(11-18)21(27)14-26-19-6-2-3-15-7-8-20(13-17(15)12-19)30-23-10-9-22(31-23)24(28)29/h1,4-5,7-11,13,19,21,26-27H,2-3,6,12,14H2,(H,28,29)/t19-,21-/m0/s1. The van der Waals surface area contributed by atoms with Gasteiger partial charge >= 0.3 is 5.97 Å². The van der Waals surface area contributed by atoms with Crippen molar-refractivity contribution in [1.29, 1.82) is 0 Å². The van der Waals surface area contributed by atoms with E-state index in [9.17, 15) is 9.90 Å². The second-order valence-corrected chi connectivity index (χ2v) is 9.21. The van der Waals surface area contributed by atoms with E-state index in [1.54, 1.807) is 24.3 Å². The van der Waals surface area contributed by atoms with E-state index in [2.05, 4.69) is 11.4 Å². The Hall–Kier alpha value is -2.38. The molecule has 1 aromatic heterocycles. The van der Waals surface area contributed by atoms with Gasteiger partial charge in [0.15, 0.2) is 5.06 Å². The fourth-order valence-corrected chi connectivity index (χ4v) is 4.81. The van der Waals surface area contributed by atoms with E-state index < -0.39 is 12.1 Å². The van der Waals surface area contributed by atoms with Gasteiger partial charge in [-0.3, -0.25) is 0 Å². The molecule has 0 unspecified atom stereocenters. The van der Waals surface area contributed by atoms with Crippen LogP contribution in [0.2, 0.25) is 5.02 Å². The molecule has 2 aromatic carbocycles. The summed E-state index contributed by atoms with van der Waals surface area (Å²) >= 11 is 7.15. The van der Waals surface area contributed by atoms with E-state index in [0.29, 0.717) is 22.4 Å². The zero-order chi connectivity index (χ0) is 21.8. The molecular formula is C24H24ClNO4S. The molecule has 5 nitrogen and oxygen atoms in total. The van der Waals surface area contributed by atoms with Crippen LogP contribution in [0.15, 0.2) is 54.6 Å². The highest BCUT2D eigenvalue weighted by Crippen LogP contribution is 2.32. The number of aromatic carboxylic acids is 1. The lowest BCUT2D eigenvalue weighted by Crippen LogP contribution is -2.34. The Morgan fingerprint density at radius 3 is 2.84 bits per heavy atom. The minimum Gasteiger partial charge on any atom is -0.477 e. The quantitative estimate of drug-likeness (QED) is 0.410. The van der Waals surface area contributed by atoms with Crippen LogP contribution < -0.4 is 10.1 Å². The van der Waals surface area contributed by atoms with Gasteiger partial charge < -0.3 is 20.3 Å². The molecule has 1 heterocycles. The largest absolute Gasteiger partial charge is 0.477 e. The molecule has 0 bridgehead atoms. The van der Waals surface area contributed by atoms with Crippen LogP contribution in [0.3, 0.4) is 0 Å². The Balaban J connectivity index is 1.41. The third kappa shape index (κ3) is 5.66. The van der Waals surface area contributed by atoms with E-state index in [1.807, 2.05) is 24.3 Å². The minimum atomic E-state index is -0.948. The van der Waals surface area contributed by atoms with Gasteiger partial charge in [-0.05, 0) is 78.8 Å². The van der Waals surface area contributed by atoms with Crippen molar-refractivity contribution < 1.29 is 19.7 Å². The Morgan fingerprint density at radius 2 is 2.06 bits per heavy atom. The summed E-state index contributed by atoms with van der Waals surface area (Å²) in [6, 6.07) is 16.9. The number of thiophene rings is 1. The first-order valence-corrected chi connectivity index (χ1v) is 11.5. The lowest BCUT2D eigenvalue weighted by molar-refractivity contribution is 0.0702. The first kappa shape index (κ1) is 21.8. The Kier molecular flexibility index (Phi) is 6.92. The summed E-state index contributed by atoms with van der Waals surface area (Å²) in [7, 11) is 0. The molecular weight excluding hydrogens is 434 g/mol. The van der Waals surface area contributed by atoms with Gasteiger partial charge in [-0.15, -0.1) is 0 Å². The third-order valence-electron chi connectivity index (χ3n) is 5.49. The van der Waals surface area contributed by atoms with Crippen LogP contribution in [0.1, 0.15) is 45.3 Å². The lowest BCUT2D eigenvalue weighted by atomic mass is 10.0. The molecule has 2 atom stereocenters. The monoisotopic (exact) mass is 457 g/mol. The van der Waals surface area contributed by atoms with Gasteiger partial charge in [-0.25, -0.2) is 4.79 Å². The molecule has 0 spiro atoms. The molecule has 0 fully saturated rings. The van der Waals surface area contributed by atoms with Gasteiger partial charge in [0.2, 0.25) is 0 Å². The zero-order valence-corrected chi connectivity index (χ0v) is 18.5. The van der Waals surface area contributed by atoms with Crippen LogP contribution in [0.4, 0.5) is 0 Å². The fraction of sp³-hybridized carbons (Fsp3) is 0.292. The van der Waals surface area contributed by atoms with Crippen molar-refractivity contribution in [1.82, 2.24) is 5.32 Å². The number of nitrogens with one attached hydrogen (secondary N) is 1. The Morgan fingerprint density at radius 1 is 1.19 bits per heavy atom. The van der Waals surface area contributed by atoms with E-state index >= 15 is 0 Å². The van der Waals surface area contributed by atoms with Crippen molar-refractivity contribution in [3.05, 3.63) is 81.2 Å². The number of hydrogen-bond acceptors (Lipinski definition) is 5. The molecule has 0 saturated carbocycles. The predicted octanol–water partition coefficient (Wildman–Crippen LogP) is 5.46. The number of carboxylic acids is 1. The molecule has 162 valence electrons. The average Bonchev–Trinajstić information content (AvgIpc) is 3.12. The maximum absolute atomic E-state index is 11.1. The van der Waals surface area contributed by atoms with Crippen molar-refractivity contribution >= 4 is 28.9 Å².